The van der Waals surface area contributed by atoms with Crippen molar-refractivity contribution in [3.8, 4) is 16.8 Å². The number of halogens is 3. The van der Waals surface area contributed by atoms with Crippen molar-refractivity contribution >= 4 is 29.6 Å². The number of amides is 2. The Morgan fingerprint density at radius 2 is 1.88 bits per heavy atom. The van der Waals surface area contributed by atoms with E-state index in [1.165, 1.54) is 28.3 Å². The van der Waals surface area contributed by atoms with Crippen molar-refractivity contribution in [2.75, 3.05) is 6.61 Å². The average Bonchev–Trinajstić information content (AvgIpc) is 3.42. The molecule has 2 aromatic carbocycles. The van der Waals surface area contributed by atoms with E-state index in [4.69, 9.17) is 27.1 Å². The molecule has 2 amide bonds. The fourth-order valence-electron chi connectivity index (χ4n) is 5.86. The SMILES string of the molecule is CC(C)(C)C[C@]1(c2ccc(-c3cnn(C(F)F)c3)cc2)N=C(N)N([C@H](COC(=O)NC2(C)CC2)c2ccc(Cl)c(-n3cnnn3)c2)C1=O. The summed E-state index contributed by atoms with van der Waals surface area (Å²) in [6.07, 6.45) is 5.32. The van der Waals surface area contributed by atoms with E-state index in [9.17, 15) is 18.4 Å². The third kappa shape index (κ3) is 6.59. The highest BCUT2D eigenvalue weighted by molar-refractivity contribution is 6.32. The smallest absolute Gasteiger partial charge is 0.407 e. The molecule has 4 aromatic rings. The normalized spacial score (nSPS) is 19.4. The van der Waals surface area contributed by atoms with Crippen molar-refractivity contribution in [1.82, 2.24) is 40.2 Å². The van der Waals surface area contributed by atoms with Crippen molar-refractivity contribution in [3.05, 3.63) is 77.3 Å². The van der Waals surface area contributed by atoms with Gasteiger partial charge in [-0.3, -0.25) is 9.69 Å². The average molecular weight is 681 g/mol. The number of benzene rings is 2. The van der Waals surface area contributed by atoms with Crippen LogP contribution >= 0.6 is 11.6 Å². The number of rotatable bonds is 10. The summed E-state index contributed by atoms with van der Waals surface area (Å²) >= 11 is 6.51. The Bertz CT molecular complexity index is 1850. The number of hydrogen-bond acceptors (Lipinski definition) is 9. The van der Waals surface area contributed by atoms with Crippen LogP contribution in [-0.2, 0) is 15.1 Å². The Labute approximate surface area is 280 Å². The summed E-state index contributed by atoms with van der Waals surface area (Å²) in [4.78, 5) is 33.9. The second kappa shape index (κ2) is 12.3. The Morgan fingerprint density at radius 1 is 1.15 bits per heavy atom. The quantitative estimate of drug-likeness (QED) is 0.226. The van der Waals surface area contributed by atoms with Gasteiger partial charge in [-0.05, 0) is 70.9 Å². The van der Waals surface area contributed by atoms with Crippen LogP contribution in [-0.4, -0.2) is 65.0 Å². The number of alkyl carbamates (subject to hydrolysis) is 1. The van der Waals surface area contributed by atoms with Crippen LogP contribution in [0.2, 0.25) is 5.02 Å². The minimum absolute atomic E-state index is 0.0615. The lowest BCUT2D eigenvalue weighted by Crippen LogP contribution is -2.48. The molecule has 1 aliphatic heterocycles. The fourth-order valence-corrected chi connectivity index (χ4v) is 6.06. The zero-order valence-electron chi connectivity index (χ0n) is 26.8. The molecule has 0 bridgehead atoms. The predicted molar refractivity (Wildman–Crippen MR) is 172 cm³/mol. The maximum absolute atomic E-state index is 14.8. The van der Waals surface area contributed by atoms with Gasteiger partial charge in [0, 0.05) is 17.3 Å². The summed E-state index contributed by atoms with van der Waals surface area (Å²) in [5.41, 5.74) is 7.12. The summed E-state index contributed by atoms with van der Waals surface area (Å²) in [5.74, 6) is -0.482. The molecular weight excluding hydrogens is 646 g/mol. The first-order chi connectivity index (χ1) is 22.7. The van der Waals surface area contributed by atoms with Crippen LogP contribution in [0.1, 0.15) is 70.7 Å². The Hall–Kier alpha value is -4.92. The summed E-state index contributed by atoms with van der Waals surface area (Å²) in [6.45, 7) is 4.88. The van der Waals surface area contributed by atoms with Crippen LogP contribution in [0.3, 0.4) is 0 Å². The number of nitrogens with one attached hydrogen (secondary N) is 1. The van der Waals surface area contributed by atoms with Crippen LogP contribution < -0.4 is 11.1 Å². The molecule has 0 radical (unpaired) electrons. The number of ether oxygens (including phenoxy) is 1. The number of nitrogens with two attached hydrogens (primary N) is 1. The van der Waals surface area contributed by atoms with E-state index in [0.717, 1.165) is 12.8 Å². The number of aromatic nitrogens is 6. The molecule has 1 aliphatic carbocycles. The first kappa shape index (κ1) is 33.0. The van der Waals surface area contributed by atoms with Crippen LogP contribution in [0, 0.1) is 5.41 Å². The molecule has 1 fully saturated rings. The van der Waals surface area contributed by atoms with Gasteiger partial charge in [-0.2, -0.15) is 18.6 Å². The molecule has 1 saturated carbocycles. The molecule has 2 aromatic heterocycles. The second-order valence-electron chi connectivity index (χ2n) is 13.6. The summed E-state index contributed by atoms with van der Waals surface area (Å²) in [6, 6.07) is 11.1. The van der Waals surface area contributed by atoms with Gasteiger partial charge in [0.1, 0.15) is 12.9 Å². The first-order valence-corrected chi connectivity index (χ1v) is 15.7. The lowest BCUT2D eigenvalue weighted by molar-refractivity contribution is -0.135. The molecule has 48 heavy (non-hydrogen) atoms. The highest BCUT2D eigenvalue weighted by atomic mass is 35.5. The van der Waals surface area contributed by atoms with Crippen molar-refractivity contribution in [3.63, 3.8) is 0 Å². The molecule has 0 unspecified atom stereocenters. The fraction of sp³-hybridized carbons (Fsp3) is 0.406. The minimum atomic E-state index is -2.77. The number of tetrazole rings is 1. The van der Waals surface area contributed by atoms with Gasteiger partial charge in [0.05, 0.1) is 22.9 Å². The number of guanidine groups is 1. The van der Waals surface area contributed by atoms with Gasteiger partial charge in [-0.25, -0.2) is 14.5 Å². The second-order valence-corrected chi connectivity index (χ2v) is 14.0. The number of alkyl halides is 2. The molecule has 6 rings (SSSR count). The maximum atomic E-state index is 14.8. The molecule has 252 valence electrons. The van der Waals surface area contributed by atoms with Gasteiger partial charge < -0.3 is 15.8 Å². The summed E-state index contributed by atoms with van der Waals surface area (Å²) in [7, 11) is 0. The van der Waals surface area contributed by atoms with Gasteiger partial charge in [-0.15, -0.1) is 5.10 Å². The van der Waals surface area contributed by atoms with Crippen molar-refractivity contribution in [2.24, 2.45) is 16.1 Å². The summed E-state index contributed by atoms with van der Waals surface area (Å²) < 4.78 is 34.0. The van der Waals surface area contributed by atoms with E-state index < -0.39 is 35.5 Å². The van der Waals surface area contributed by atoms with E-state index in [1.54, 1.807) is 42.5 Å². The number of aliphatic imine (C=N–C) groups is 1. The predicted octanol–water partition coefficient (Wildman–Crippen LogP) is 5.38. The van der Waals surface area contributed by atoms with Gasteiger partial charge in [0.25, 0.3) is 5.91 Å². The molecule has 3 N–H and O–H groups in total. The third-order valence-electron chi connectivity index (χ3n) is 8.45. The van der Waals surface area contributed by atoms with E-state index >= 15 is 0 Å². The van der Waals surface area contributed by atoms with E-state index in [1.807, 2.05) is 27.7 Å². The monoisotopic (exact) mass is 680 g/mol. The van der Waals surface area contributed by atoms with E-state index in [2.05, 4.69) is 25.9 Å². The first-order valence-electron chi connectivity index (χ1n) is 15.3. The lowest BCUT2D eigenvalue weighted by atomic mass is 9.75. The number of hydrogen-bond donors (Lipinski definition) is 2. The largest absolute Gasteiger partial charge is 0.447 e. The molecule has 3 heterocycles. The zero-order chi connectivity index (χ0) is 34.4. The van der Waals surface area contributed by atoms with Gasteiger partial charge in [0.15, 0.2) is 11.5 Å². The molecular formula is C32H35ClF2N10O3. The summed E-state index contributed by atoms with van der Waals surface area (Å²) in [5, 5.41) is 18.3. The third-order valence-corrected chi connectivity index (χ3v) is 8.77. The van der Waals surface area contributed by atoms with Crippen LogP contribution in [0.5, 0.6) is 0 Å². The lowest BCUT2D eigenvalue weighted by Gasteiger charge is -2.35. The topological polar surface area (TPSA) is 158 Å². The van der Waals surface area contributed by atoms with Gasteiger partial charge >= 0.3 is 12.6 Å². The van der Waals surface area contributed by atoms with E-state index in [-0.39, 0.29) is 24.5 Å². The highest BCUT2D eigenvalue weighted by Gasteiger charge is 2.53. The Morgan fingerprint density at radius 3 is 2.48 bits per heavy atom. The highest BCUT2D eigenvalue weighted by Crippen LogP contribution is 2.45. The molecule has 16 heteroatoms. The Balaban J connectivity index is 1.38. The van der Waals surface area contributed by atoms with Crippen LogP contribution in [0.15, 0.2) is 66.2 Å². The van der Waals surface area contributed by atoms with Crippen molar-refractivity contribution < 1.29 is 23.1 Å². The van der Waals surface area contributed by atoms with Crippen LogP contribution in [0.25, 0.3) is 16.8 Å². The minimum Gasteiger partial charge on any atom is -0.447 e. The molecule has 2 atom stereocenters. The van der Waals surface area contributed by atoms with Gasteiger partial charge in [0.2, 0.25) is 0 Å². The molecule has 0 spiro atoms. The van der Waals surface area contributed by atoms with Crippen molar-refractivity contribution in [1.29, 1.82) is 0 Å². The zero-order valence-corrected chi connectivity index (χ0v) is 27.5. The molecule has 2 aliphatic rings. The maximum Gasteiger partial charge on any atom is 0.407 e. The number of nitrogens with zero attached hydrogens (tertiary/aromatic N) is 8. The molecule has 13 nitrogen and oxygen atoms in total. The molecule has 0 saturated heterocycles. The standard InChI is InChI=1S/C32H35ClF2N10O3/c1-30(2,3)17-32(22-8-5-19(6-9-22)21-14-38-43(15-21)27(34)35)26(46)45(28(36)39-32)25(16-48-29(47)40-31(4)11-12-31)20-7-10-23(33)24(13-20)44-18-37-41-42-44/h5-10,13-15,18,25,27H,11-12,16-17H2,1-4H3,(H2,36,39)(H,40,47)/t25-,32-/m1/s1. The number of carbonyl (C=O) groups excluding carboxylic acids is 2. The van der Waals surface area contributed by atoms with Crippen molar-refractivity contribution in [2.45, 2.75) is 70.6 Å². The number of carbonyl (C=O) groups is 2. The van der Waals surface area contributed by atoms with E-state index in [0.29, 0.717) is 37.6 Å². The van der Waals surface area contributed by atoms with Gasteiger partial charge in [-0.1, -0.05) is 62.7 Å². The Kier molecular flexibility index (Phi) is 8.43. The van der Waals surface area contributed by atoms with Crippen LogP contribution in [0.4, 0.5) is 13.6 Å².